The summed E-state index contributed by atoms with van der Waals surface area (Å²) in [7, 11) is 0. The molecule has 2 aromatic rings. The Hall–Kier alpha value is -2.87. The van der Waals surface area contributed by atoms with E-state index < -0.39 is 0 Å². The highest BCUT2D eigenvalue weighted by atomic mass is 15.2. The van der Waals surface area contributed by atoms with Crippen molar-refractivity contribution in [1.82, 2.24) is 10.3 Å². The summed E-state index contributed by atoms with van der Waals surface area (Å²) < 4.78 is 0. The number of rotatable bonds is 4. The number of aromatic nitrogens is 1. The zero-order valence-electron chi connectivity index (χ0n) is 12.7. The van der Waals surface area contributed by atoms with Gasteiger partial charge in [0, 0.05) is 5.69 Å². The van der Waals surface area contributed by atoms with E-state index in [0.29, 0.717) is 5.96 Å². The SMILES string of the molecule is CCC(N=C(NC#N)Nc1ccc(C)nc1)c1ccccc1. The van der Waals surface area contributed by atoms with Gasteiger partial charge >= 0.3 is 0 Å². The van der Waals surface area contributed by atoms with Crippen LogP contribution in [0.3, 0.4) is 0 Å². The van der Waals surface area contributed by atoms with Crippen LogP contribution in [0.25, 0.3) is 0 Å². The van der Waals surface area contributed by atoms with Gasteiger partial charge in [-0.25, -0.2) is 4.99 Å². The van der Waals surface area contributed by atoms with Crippen LogP contribution in [0, 0.1) is 18.4 Å². The Labute approximate surface area is 130 Å². The second-order valence-corrected chi connectivity index (χ2v) is 4.86. The number of aryl methyl sites for hydroxylation is 1. The van der Waals surface area contributed by atoms with Gasteiger partial charge in [-0.1, -0.05) is 37.3 Å². The number of anilines is 1. The van der Waals surface area contributed by atoms with E-state index in [-0.39, 0.29) is 6.04 Å². The van der Waals surface area contributed by atoms with E-state index in [4.69, 9.17) is 5.26 Å². The molecule has 2 rings (SSSR count). The van der Waals surface area contributed by atoms with Crippen LogP contribution in [-0.4, -0.2) is 10.9 Å². The summed E-state index contributed by atoms with van der Waals surface area (Å²) in [4.78, 5) is 8.84. The average molecular weight is 293 g/mol. The van der Waals surface area contributed by atoms with Crippen molar-refractivity contribution in [2.24, 2.45) is 4.99 Å². The molecule has 22 heavy (non-hydrogen) atoms. The Morgan fingerprint density at radius 1 is 1.27 bits per heavy atom. The number of aliphatic imine (C=N–C) groups is 1. The molecule has 5 heteroatoms. The first-order valence-corrected chi connectivity index (χ1v) is 7.20. The van der Waals surface area contributed by atoms with Gasteiger partial charge in [-0.15, -0.1) is 0 Å². The Bertz CT molecular complexity index is 656. The van der Waals surface area contributed by atoms with E-state index in [0.717, 1.165) is 23.4 Å². The second kappa shape index (κ2) is 7.79. The topological polar surface area (TPSA) is 73.1 Å². The van der Waals surface area contributed by atoms with Crippen molar-refractivity contribution in [3.63, 3.8) is 0 Å². The third-order valence-corrected chi connectivity index (χ3v) is 3.20. The van der Waals surface area contributed by atoms with Gasteiger partial charge in [0.2, 0.25) is 5.96 Å². The van der Waals surface area contributed by atoms with E-state index in [1.807, 2.05) is 55.6 Å². The molecule has 2 N–H and O–H groups in total. The fraction of sp³-hybridized carbons (Fsp3) is 0.235. The molecule has 0 fully saturated rings. The number of hydrogen-bond acceptors (Lipinski definition) is 3. The lowest BCUT2D eigenvalue weighted by Crippen LogP contribution is -2.27. The first-order valence-electron chi connectivity index (χ1n) is 7.20. The molecule has 0 saturated carbocycles. The maximum Gasteiger partial charge on any atom is 0.209 e. The van der Waals surface area contributed by atoms with Crippen molar-refractivity contribution in [1.29, 1.82) is 5.26 Å². The third kappa shape index (κ3) is 4.32. The van der Waals surface area contributed by atoms with Gasteiger partial charge in [0.25, 0.3) is 0 Å². The van der Waals surface area contributed by atoms with Crippen molar-refractivity contribution in [2.75, 3.05) is 5.32 Å². The van der Waals surface area contributed by atoms with Crippen LogP contribution in [-0.2, 0) is 0 Å². The van der Waals surface area contributed by atoms with Crippen LogP contribution in [0.2, 0.25) is 0 Å². The average Bonchev–Trinajstić information content (AvgIpc) is 2.55. The second-order valence-electron chi connectivity index (χ2n) is 4.86. The predicted octanol–water partition coefficient (Wildman–Crippen LogP) is 3.38. The van der Waals surface area contributed by atoms with Gasteiger partial charge in [-0.3, -0.25) is 10.3 Å². The Morgan fingerprint density at radius 3 is 2.64 bits per heavy atom. The van der Waals surface area contributed by atoms with Gasteiger partial charge in [0.15, 0.2) is 6.19 Å². The van der Waals surface area contributed by atoms with Crippen LogP contribution < -0.4 is 10.6 Å². The summed E-state index contributed by atoms with van der Waals surface area (Å²) in [6.45, 7) is 3.99. The lowest BCUT2D eigenvalue weighted by atomic mass is 10.1. The number of nitriles is 1. The minimum Gasteiger partial charge on any atom is -0.324 e. The summed E-state index contributed by atoms with van der Waals surface area (Å²) in [5.41, 5.74) is 2.84. The number of nitrogens with one attached hydrogen (secondary N) is 2. The minimum atomic E-state index is -0.0112. The van der Waals surface area contributed by atoms with Crippen LogP contribution in [0.4, 0.5) is 5.69 Å². The highest BCUT2D eigenvalue weighted by Gasteiger charge is 2.09. The zero-order valence-corrected chi connectivity index (χ0v) is 12.7. The number of pyridine rings is 1. The molecule has 1 aromatic carbocycles. The lowest BCUT2D eigenvalue weighted by Gasteiger charge is -2.14. The van der Waals surface area contributed by atoms with Gasteiger partial charge in [-0.05, 0) is 31.0 Å². The molecule has 0 radical (unpaired) electrons. The molecule has 0 aliphatic carbocycles. The molecule has 0 bridgehead atoms. The number of benzene rings is 1. The first-order chi connectivity index (χ1) is 10.7. The van der Waals surface area contributed by atoms with Gasteiger partial charge in [0.05, 0.1) is 17.9 Å². The minimum absolute atomic E-state index is 0.0112. The van der Waals surface area contributed by atoms with Gasteiger partial charge in [0.1, 0.15) is 0 Å². The Morgan fingerprint density at radius 2 is 2.05 bits per heavy atom. The number of hydrogen-bond donors (Lipinski definition) is 2. The Kier molecular flexibility index (Phi) is 5.50. The maximum absolute atomic E-state index is 8.92. The molecule has 1 atom stereocenters. The van der Waals surface area contributed by atoms with E-state index in [1.54, 1.807) is 6.20 Å². The molecule has 112 valence electrons. The first kappa shape index (κ1) is 15.5. The molecule has 1 heterocycles. The Balaban J connectivity index is 2.21. The fourth-order valence-corrected chi connectivity index (χ4v) is 2.06. The molecule has 1 aromatic heterocycles. The molecule has 1 unspecified atom stereocenters. The van der Waals surface area contributed by atoms with Gasteiger partial charge < -0.3 is 5.32 Å². The third-order valence-electron chi connectivity index (χ3n) is 3.20. The smallest absolute Gasteiger partial charge is 0.209 e. The number of guanidine groups is 1. The highest BCUT2D eigenvalue weighted by molar-refractivity contribution is 5.94. The molecular weight excluding hydrogens is 274 g/mol. The van der Waals surface area contributed by atoms with Crippen molar-refractivity contribution in [3.05, 3.63) is 59.9 Å². The summed E-state index contributed by atoms with van der Waals surface area (Å²) in [6.07, 6.45) is 4.47. The molecule has 0 amide bonds. The van der Waals surface area contributed by atoms with Crippen molar-refractivity contribution >= 4 is 11.6 Å². The monoisotopic (exact) mass is 293 g/mol. The van der Waals surface area contributed by atoms with Crippen molar-refractivity contribution in [3.8, 4) is 6.19 Å². The normalized spacial score (nSPS) is 12.3. The van der Waals surface area contributed by atoms with Crippen LogP contribution in [0.1, 0.15) is 30.6 Å². The number of nitrogens with zero attached hydrogens (tertiary/aromatic N) is 3. The predicted molar refractivity (Wildman–Crippen MR) is 88.3 cm³/mol. The molecule has 5 nitrogen and oxygen atoms in total. The standard InChI is InChI=1S/C17H19N5/c1-3-16(14-7-5-4-6-8-14)22-17(20-12-18)21-15-10-9-13(2)19-11-15/h4-11,16H,3H2,1-2H3,(H2,20,21,22). The molecular formula is C17H19N5. The fourth-order valence-electron chi connectivity index (χ4n) is 2.06. The van der Waals surface area contributed by atoms with Crippen molar-refractivity contribution in [2.45, 2.75) is 26.3 Å². The molecule has 0 spiro atoms. The van der Waals surface area contributed by atoms with E-state index >= 15 is 0 Å². The largest absolute Gasteiger partial charge is 0.324 e. The maximum atomic E-state index is 8.92. The van der Waals surface area contributed by atoms with E-state index in [1.165, 1.54) is 0 Å². The zero-order chi connectivity index (χ0) is 15.8. The quantitative estimate of drug-likeness (QED) is 0.392. The highest BCUT2D eigenvalue weighted by Crippen LogP contribution is 2.20. The summed E-state index contributed by atoms with van der Waals surface area (Å²) in [5.74, 6) is 0.420. The molecule has 0 saturated heterocycles. The summed E-state index contributed by atoms with van der Waals surface area (Å²) in [5, 5.41) is 14.6. The van der Waals surface area contributed by atoms with Crippen molar-refractivity contribution < 1.29 is 0 Å². The summed E-state index contributed by atoms with van der Waals surface area (Å²) >= 11 is 0. The van der Waals surface area contributed by atoms with Crippen LogP contribution in [0.5, 0.6) is 0 Å². The molecule has 0 aliphatic rings. The van der Waals surface area contributed by atoms with E-state index in [2.05, 4.69) is 27.5 Å². The van der Waals surface area contributed by atoms with Crippen LogP contribution in [0.15, 0.2) is 53.7 Å². The summed E-state index contributed by atoms with van der Waals surface area (Å²) in [6, 6.07) is 13.8. The lowest BCUT2D eigenvalue weighted by molar-refractivity contribution is 0.698. The van der Waals surface area contributed by atoms with Crippen LogP contribution >= 0.6 is 0 Å². The van der Waals surface area contributed by atoms with E-state index in [9.17, 15) is 0 Å². The van der Waals surface area contributed by atoms with Gasteiger partial charge in [-0.2, -0.15) is 5.26 Å². The molecule has 0 aliphatic heterocycles.